The van der Waals surface area contributed by atoms with Crippen LogP contribution in [-0.2, 0) is 4.79 Å². The predicted molar refractivity (Wildman–Crippen MR) is 61.3 cm³/mol. The van der Waals surface area contributed by atoms with E-state index >= 15 is 0 Å². The second-order valence-electron chi connectivity index (χ2n) is 3.06. The molecule has 0 saturated carbocycles. The zero-order valence-electron chi connectivity index (χ0n) is 8.69. The van der Waals surface area contributed by atoms with Crippen LogP contribution in [0, 0.1) is 10.2 Å². The first-order chi connectivity index (χ1) is 7.63. The van der Waals surface area contributed by atoms with Crippen LogP contribution in [0.2, 0.25) is 5.32 Å². The number of amides is 1. The Labute approximate surface area is 99.8 Å². The maximum atomic E-state index is 11.5. The van der Waals surface area contributed by atoms with Crippen LogP contribution >= 0.6 is 0 Å². The number of anilines is 1. The second-order valence-corrected chi connectivity index (χ2v) is 4.66. The molecule has 0 spiro atoms. The van der Waals surface area contributed by atoms with Gasteiger partial charge in [-0.2, -0.15) is 0 Å². The fraction of sp³-hybridized carbons (Fsp3) is 0.182. The van der Waals surface area contributed by atoms with Gasteiger partial charge in [0, 0.05) is 0 Å². The topological polar surface area (TPSA) is 70.0 Å². The average Bonchev–Trinajstić information content (AvgIpc) is 2.26. The SMILES string of the molecule is CC(=O)Nc1ccc(C(=O)C[Se]C#N)cc1. The van der Waals surface area contributed by atoms with Gasteiger partial charge in [-0.05, 0) is 0 Å². The van der Waals surface area contributed by atoms with Crippen molar-refractivity contribution in [2.24, 2.45) is 0 Å². The standard InChI is InChI=1S/C11H10N2O2Se/c1-8(14)13-10-4-2-9(3-5-10)11(15)6-16-7-12/h2-5H,6H2,1H3,(H,13,14). The number of rotatable bonds is 4. The molecule has 0 aliphatic heterocycles. The van der Waals surface area contributed by atoms with E-state index in [4.69, 9.17) is 5.26 Å². The van der Waals surface area contributed by atoms with E-state index in [1.807, 2.05) is 4.97 Å². The molecule has 1 aromatic carbocycles. The molecule has 1 amide bonds. The number of carbonyl (C=O) groups excluding carboxylic acids is 2. The number of carbonyl (C=O) groups is 2. The number of Topliss-reactive ketones (excluding diaryl/α,β-unsaturated/α-hetero) is 1. The first kappa shape index (κ1) is 12.4. The molecule has 0 aliphatic rings. The molecule has 5 heteroatoms. The van der Waals surface area contributed by atoms with Crippen molar-refractivity contribution in [2.45, 2.75) is 12.2 Å². The Morgan fingerprint density at radius 1 is 1.38 bits per heavy atom. The molecule has 0 aromatic heterocycles. The van der Waals surface area contributed by atoms with E-state index in [0.717, 1.165) is 0 Å². The van der Waals surface area contributed by atoms with Gasteiger partial charge in [0.1, 0.15) is 0 Å². The Hall–Kier alpha value is -1.63. The van der Waals surface area contributed by atoms with Crippen LogP contribution in [0.1, 0.15) is 17.3 Å². The fourth-order valence-corrected chi connectivity index (χ4v) is 1.88. The molecule has 1 rings (SSSR count). The van der Waals surface area contributed by atoms with Gasteiger partial charge >= 0.3 is 99.5 Å². The summed E-state index contributed by atoms with van der Waals surface area (Å²) in [6.07, 6.45) is 0. The first-order valence-electron chi connectivity index (χ1n) is 4.55. The third kappa shape index (κ3) is 3.85. The van der Waals surface area contributed by atoms with Crippen molar-refractivity contribution in [1.82, 2.24) is 0 Å². The molecule has 0 unspecified atom stereocenters. The molecule has 0 saturated heterocycles. The summed E-state index contributed by atoms with van der Waals surface area (Å²) in [6, 6.07) is 6.66. The normalized spacial score (nSPS) is 9.25. The van der Waals surface area contributed by atoms with Gasteiger partial charge in [-0.15, -0.1) is 0 Å². The Balaban J connectivity index is 2.67. The second kappa shape index (κ2) is 6.06. The molecule has 0 aliphatic carbocycles. The predicted octanol–water partition coefficient (Wildman–Crippen LogP) is 1.43. The minimum atomic E-state index is -0.284. The summed E-state index contributed by atoms with van der Waals surface area (Å²) in [7, 11) is 0. The van der Waals surface area contributed by atoms with E-state index in [0.29, 0.717) is 16.6 Å². The molecule has 0 heterocycles. The summed E-state index contributed by atoms with van der Waals surface area (Å²) in [4.78, 5) is 24.3. The van der Waals surface area contributed by atoms with Crippen LogP contribution < -0.4 is 5.32 Å². The van der Waals surface area contributed by atoms with E-state index in [1.165, 1.54) is 6.92 Å². The molecular formula is C11H10N2O2Se. The fourth-order valence-electron chi connectivity index (χ4n) is 1.12. The Morgan fingerprint density at radius 3 is 2.50 bits per heavy atom. The third-order valence-electron chi connectivity index (χ3n) is 1.80. The molecule has 82 valence electrons. The Morgan fingerprint density at radius 2 is 2.00 bits per heavy atom. The average molecular weight is 281 g/mol. The summed E-state index contributed by atoms with van der Waals surface area (Å²) in [5.41, 5.74) is 1.24. The first-order valence-corrected chi connectivity index (χ1v) is 6.62. The number of nitrogens with zero attached hydrogens (tertiary/aromatic N) is 1. The molecule has 1 N–H and O–H groups in total. The van der Waals surface area contributed by atoms with Crippen molar-refractivity contribution < 1.29 is 9.59 Å². The molecule has 0 atom stereocenters. The molecule has 1 aromatic rings. The van der Waals surface area contributed by atoms with Crippen LogP contribution in [0.25, 0.3) is 0 Å². The molecule has 0 fully saturated rings. The number of hydrogen-bond donors (Lipinski definition) is 1. The van der Waals surface area contributed by atoms with Gasteiger partial charge in [-0.1, -0.05) is 0 Å². The van der Waals surface area contributed by atoms with Gasteiger partial charge in [0.15, 0.2) is 0 Å². The summed E-state index contributed by atoms with van der Waals surface area (Å²) in [5, 5.41) is 11.3. The molecular weight excluding hydrogens is 271 g/mol. The molecule has 4 nitrogen and oxygen atoms in total. The summed E-state index contributed by atoms with van der Waals surface area (Å²) < 4.78 is 0. The molecule has 16 heavy (non-hydrogen) atoms. The van der Waals surface area contributed by atoms with Crippen molar-refractivity contribution in [3.63, 3.8) is 0 Å². The summed E-state index contributed by atoms with van der Waals surface area (Å²) in [5.74, 6) is -0.178. The van der Waals surface area contributed by atoms with E-state index in [1.54, 1.807) is 24.3 Å². The van der Waals surface area contributed by atoms with Crippen LogP contribution in [0.5, 0.6) is 0 Å². The van der Waals surface area contributed by atoms with Crippen molar-refractivity contribution in [1.29, 1.82) is 5.26 Å². The van der Waals surface area contributed by atoms with Gasteiger partial charge in [0.2, 0.25) is 0 Å². The molecule has 0 bridgehead atoms. The third-order valence-corrected chi connectivity index (χ3v) is 2.92. The zero-order chi connectivity index (χ0) is 12.0. The van der Waals surface area contributed by atoms with E-state index in [2.05, 4.69) is 5.32 Å². The van der Waals surface area contributed by atoms with Crippen LogP contribution in [-0.4, -0.2) is 26.6 Å². The number of ketones is 1. The van der Waals surface area contributed by atoms with Crippen LogP contribution in [0.15, 0.2) is 24.3 Å². The Kier molecular flexibility index (Phi) is 4.71. The summed E-state index contributed by atoms with van der Waals surface area (Å²) in [6.45, 7) is 1.43. The van der Waals surface area contributed by atoms with E-state index < -0.39 is 0 Å². The number of nitriles is 1. The maximum absolute atomic E-state index is 11.5. The van der Waals surface area contributed by atoms with Crippen molar-refractivity contribution >= 4 is 32.3 Å². The summed E-state index contributed by atoms with van der Waals surface area (Å²) >= 11 is -0.284. The number of nitrogens with one attached hydrogen (secondary N) is 1. The van der Waals surface area contributed by atoms with Crippen molar-refractivity contribution in [2.75, 3.05) is 5.32 Å². The van der Waals surface area contributed by atoms with Gasteiger partial charge in [0.25, 0.3) is 0 Å². The minimum absolute atomic E-state index is 0.0316. The number of hydrogen-bond acceptors (Lipinski definition) is 3. The van der Waals surface area contributed by atoms with Gasteiger partial charge < -0.3 is 0 Å². The van der Waals surface area contributed by atoms with Crippen molar-refractivity contribution in [3.05, 3.63) is 29.8 Å². The van der Waals surface area contributed by atoms with Gasteiger partial charge in [-0.25, -0.2) is 0 Å². The van der Waals surface area contributed by atoms with Gasteiger partial charge in [-0.3, -0.25) is 0 Å². The van der Waals surface area contributed by atoms with E-state index in [-0.39, 0.29) is 26.6 Å². The van der Waals surface area contributed by atoms with Gasteiger partial charge in [0.05, 0.1) is 0 Å². The zero-order valence-corrected chi connectivity index (χ0v) is 10.4. The number of benzene rings is 1. The quantitative estimate of drug-likeness (QED) is 0.670. The van der Waals surface area contributed by atoms with E-state index in [9.17, 15) is 9.59 Å². The monoisotopic (exact) mass is 282 g/mol. The van der Waals surface area contributed by atoms with Crippen molar-refractivity contribution in [3.8, 4) is 4.97 Å². The van der Waals surface area contributed by atoms with Crippen LogP contribution in [0.3, 0.4) is 0 Å². The Bertz CT molecular complexity index is 434. The van der Waals surface area contributed by atoms with Crippen LogP contribution in [0.4, 0.5) is 5.69 Å². The molecule has 0 radical (unpaired) electrons.